The molecular formula is C27H26ClN3O4. The van der Waals surface area contributed by atoms with Crippen molar-refractivity contribution in [3.8, 4) is 5.75 Å². The molecule has 0 unspecified atom stereocenters. The minimum absolute atomic E-state index is 0.0726. The van der Waals surface area contributed by atoms with Gasteiger partial charge in [-0.15, -0.1) is 0 Å². The number of nitrogens with zero attached hydrogens (tertiary/aromatic N) is 1. The first-order valence-corrected chi connectivity index (χ1v) is 11.8. The first-order chi connectivity index (χ1) is 17.0. The van der Waals surface area contributed by atoms with E-state index >= 15 is 0 Å². The predicted molar refractivity (Wildman–Crippen MR) is 136 cm³/mol. The fourth-order valence-corrected chi connectivity index (χ4v) is 4.20. The van der Waals surface area contributed by atoms with Crippen molar-refractivity contribution in [3.63, 3.8) is 0 Å². The molecule has 0 aliphatic carbocycles. The maximum Gasteiger partial charge on any atom is 0.253 e. The molecule has 1 aliphatic rings. The molecule has 0 saturated carbocycles. The number of hydrogen-bond acceptors (Lipinski definition) is 4. The summed E-state index contributed by atoms with van der Waals surface area (Å²) in [5.41, 5.74) is 2.25. The van der Waals surface area contributed by atoms with E-state index in [-0.39, 0.29) is 30.7 Å². The van der Waals surface area contributed by atoms with Gasteiger partial charge in [0.1, 0.15) is 5.75 Å². The SMILES string of the molecule is CCOc1ccc(CNC(=O)c2ccccc2NC(=O)[C@@H]2CC(=O)N(c3ccccc3Cl)C2)cc1. The summed E-state index contributed by atoms with van der Waals surface area (Å²) in [4.78, 5) is 40.0. The highest BCUT2D eigenvalue weighted by atomic mass is 35.5. The van der Waals surface area contributed by atoms with Gasteiger partial charge in [-0.1, -0.05) is 48.0 Å². The Morgan fingerprint density at radius 1 is 1.03 bits per heavy atom. The second kappa shape index (κ2) is 11.1. The van der Waals surface area contributed by atoms with Crippen LogP contribution in [0.3, 0.4) is 0 Å². The van der Waals surface area contributed by atoms with E-state index in [2.05, 4.69) is 10.6 Å². The van der Waals surface area contributed by atoms with Gasteiger partial charge >= 0.3 is 0 Å². The molecule has 3 aromatic rings. The lowest BCUT2D eigenvalue weighted by molar-refractivity contribution is -0.122. The largest absolute Gasteiger partial charge is 0.494 e. The van der Waals surface area contributed by atoms with Gasteiger partial charge in [-0.25, -0.2) is 0 Å². The average molecular weight is 492 g/mol. The van der Waals surface area contributed by atoms with Crippen molar-refractivity contribution < 1.29 is 19.1 Å². The summed E-state index contributed by atoms with van der Waals surface area (Å²) in [6.45, 7) is 3.06. The van der Waals surface area contributed by atoms with E-state index < -0.39 is 5.92 Å². The highest BCUT2D eigenvalue weighted by Crippen LogP contribution is 2.31. The highest BCUT2D eigenvalue weighted by molar-refractivity contribution is 6.34. The summed E-state index contributed by atoms with van der Waals surface area (Å²) in [7, 11) is 0. The average Bonchev–Trinajstić information content (AvgIpc) is 3.25. The molecule has 3 aromatic carbocycles. The minimum atomic E-state index is -0.557. The molecule has 1 heterocycles. The number of nitrogens with one attached hydrogen (secondary N) is 2. The van der Waals surface area contributed by atoms with Gasteiger partial charge in [-0.2, -0.15) is 0 Å². The Bertz CT molecular complexity index is 1230. The van der Waals surface area contributed by atoms with Crippen LogP contribution in [0.4, 0.5) is 11.4 Å². The Labute approximate surface area is 209 Å². The Hall–Kier alpha value is -3.84. The van der Waals surface area contributed by atoms with Crippen LogP contribution < -0.4 is 20.3 Å². The van der Waals surface area contributed by atoms with Crippen LogP contribution in [0.25, 0.3) is 0 Å². The van der Waals surface area contributed by atoms with Crippen molar-refractivity contribution in [2.24, 2.45) is 5.92 Å². The smallest absolute Gasteiger partial charge is 0.253 e. The van der Waals surface area contributed by atoms with Gasteiger partial charge in [-0.3, -0.25) is 14.4 Å². The Morgan fingerprint density at radius 2 is 1.74 bits per heavy atom. The quantitative estimate of drug-likeness (QED) is 0.479. The van der Waals surface area contributed by atoms with Crippen LogP contribution in [-0.2, 0) is 16.1 Å². The molecule has 1 aliphatic heterocycles. The van der Waals surface area contributed by atoms with Crippen molar-refractivity contribution in [3.05, 3.63) is 88.9 Å². The molecule has 7 nitrogen and oxygen atoms in total. The maximum atomic E-state index is 13.0. The van der Waals surface area contributed by atoms with E-state index in [0.29, 0.717) is 35.1 Å². The molecule has 0 bridgehead atoms. The van der Waals surface area contributed by atoms with E-state index in [9.17, 15) is 14.4 Å². The number of benzene rings is 3. The number of rotatable bonds is 8. The first-order valence-electron chi connectivity index (χ1n) is 11.4. The lowest BCUT2D eigenvalue weighted by Crippen LogP contribution is -2.29. The Balaban J connectivity index is 1.40. The summed E-state index contributed by atoms with van der Waals surface area (Å²) in [6.07, 6.45) is 0.0726. The lowest BCUT2D eigenvalue weighted by Gasteiger charge is -2.18. The van der Waals surface area contributed by atoms with Gasteiger partial charge in [0.25, 0.3) is 5.91 Å². The number of ether oxygens (including phenoxy) is 1. The second-order valence-electron chi connectivity index (χ2n) is 8.15. The first kappa shape index (κ1) is 24.3. The summed E-state index contributed by atoms with van der Waals surface area (Å²) < 4.78 is 5.44. The zero-order valence-electron chi connectivity index (χ0n) is 19.3. The highest BCUT2D eigenvalue weighted by Gasteiger charge is 2.36. The number of anilines is 2. The zero-order chi connectivity index (χ0) is 24.8. The van der Waals surface area contributed by atoms with Gasteiger partial charge in [-0.05, 0) is 48.9 Å². The maximum absolute atomic E-state index is 13.0. The molecule has 3 amide bonds. The second-order valence-corrected chi connectivity index (χ2v) is 8.56. The molecule has 1 atom stereocenters. The topological polar surface area (TPSA) is 87.7 Å². The lowest BCUT2D eigenvalue weighted by atomic mass is 10.1. The van der Waals surface area contributed by atoms with E-state index in [4.69, 9.17) is 16.3 Å². The van der Waals surface area contributed by atoms with Crippen molar-refractivity contribution in [1.82, 2.24) is 5.32 Å². The number of amides is 3. The summed E-state index contributed by atoms with van der Waals surface area (Å²) >= 11 is 6.23. The van der Waals surface area contributed by atoms with Crippen molar-refractivity contribution in [2.75, 3.05) is 23.4 Å². The van der Waals surface area contributed by atoms with Crippen molar-refractivity contribution >= 4 is 40.7 Å². The molecule has 35 heavy (non-hydrogen) atoms. The molecular weight excluding hydrogens is 466 g/mol. The third-order valence-electron chi connectivity index (χ3n) is 5.76. The molecule has 8 heteroatoms. The third kappa shape index (κ3) is 5.81. The summed E-state index contributed by atoms with van der Waals surface area (Å²) in [5.74, 6) is -0.581. The van der Waals surface area contributed by atoms with E-state index in [1.54, 1.807) is 48.5 Å². The Kier molecular flexibility index (Phi) is 7.67. The van der Waals surface area contributed by atoms with Gasteiger partial charge in [0.05, 0.1) is 34.5 Å². The predicted octanol–water partition coefficient (Wildman–Crippen LogP) is 4.66. The van der Waals surface area contributed by atoms with Gasteiger partial charge in [0.2, 0.25) is 11.8 Å². The molecule has 1 saturated heterocycles. The summed E-state index contributed by atoms with van der Waals surface area (Å²) in [5, 5.41) is 6.17. The monoisotopic (exact) mass is 491 g/mol. The van der Waals surface area contributed by atoms with Gasteiger partial charge in [0, 0.05) is 19.5 Å². The number of halogens is 1. The number of carbonyl (C=O) groups is 3. The number of carbonyl (C=O) groups excluding carboxylic acids is 3. The number of hydrogen-bond donors (Lipinski definition) is 2. The fourth-order valence-electron chi connectivity index (χ4n) is 3.96. The zero-order valence-corrected chi connectivity index (χ0v) is 20.0. The van der Waals surface area contributed by atoms with Crippen molar-refractivity contribution in [1.29, 1.82) is 0 Å². The normalized spacial score (nSPS) is 15.1. The van der Waals surface area contributed by atoms with Crippen LogP contribution in [0.1, 0.15) is 29.3 Å². The third-order valence-corrected chi connectivity index (χ3v) is 6.08. The molecule has 2 N–H and O–H groups in total. The molecule has 0 radical (unpaired) electrons. The molecule has 0 spiro atoms. The van der Waals surface area contributed by atoms with E-state index in [1.807, 2.05) is 31.2 Å². The van der Waals surface area contributed by atoms with Crippen LogP contribution in [0.15, 0.2) is 72.8 Å². The molecule has 180 valence electrons. The molecule has 0 aromatic heterocycles. The van der Waals surface area contributed by atoms with E-state index in [1.165, 1.54) is 4.90 Å². The van der Waals surface area contributed by atoms with Crippen LogP contribution >= 0.6 is 11.6 Å². The van der Waals surface area contributed by atoms with Gasteiger partial charge in [0.15, 0.2) is 0 Å². The standard InChI is InChI=1S/C27H26ClN3O4/c1-2-35-20-13-11-18(12-14-20)16-29-27(34)21-7-3-5-9-23(21)30-26(33)19-15-25(32)31(17-19)24-10-6-4-8-22(24)28/h3-14,19H,2,15-17H2,1H3,(H,29,34)(H,30,33)/t19-/m1/s1. The number of para-hydroxylation sites is 2. The molecule has 1 fully saturated rings. The summed E-state index contributed by atoms with van der Waals surface area (Å²) in [6, 6.07) is 21.3. The van der Waals surface area contributed by atoms with Crippen LogP contribution in [-0.4, -0.2) is 30.9 Å². The van der Waals surface area contributed by atoms with E-state index in [0.717, 1.165) is 11.3 Å². The Morgan fingerprint density at radius 3 is 2.49 bits per heavy atom. The minimum Gasteiger partial charge on any atom is -0.494 e. The van der Waals surface area contributed by atoms with Crippen LogP contribution in [0, 0.1) is 5.92 Å². The van der Waals surface area contributed by atoms with Crippen LogP contribution in [0.2, 0.25) is 5.02 Å². The molecule has 4 rings (SSSR count). The van der Waals surface area contributed by atoms with Gasteiger partial charge < -0.3 is 20.3 Å². The van der Waals surface area contributed by atoms with Crippen molar-refractivity contribution in [2.45, 2.75) is 19.9 Å². The van der Waals surface area contributed by atoms with Crippen LogP contribution in [0.5, 0.6) is 5.75 Å². The fraction of sp³-hybridized carbons (Fsp3) is 0.222.